The second-order valence-corrected chi connectivity index (χ2v) is 4.89. The Labute approximate surface area is 113 Å². The van der Waals surface area contributed by atoms with Crippen molar-refractivity contribution < 1.29 is 5.11 Å². The van der Waals surface area contributed by atoms with Crippen molar-refractivity contribution in [3.05, 3.63) is 58.1 Å². The van der Waals surface area contributed by atoms with Gasteiger partial charge in [-0.25, -0.2) is 0 Å². The van der Waals surface area contributed by atoms with Gasteiger partial charge in [0.25, 0.3) is 0 Å². The van der Waals surface area contributed by atoms with Gasteiger partial charge in [-0.05, 0) is 36.1 Å². The zero-order valence-corrected chi connectivity index (χ0v) is 11.5. The molecule has 0 radical (unpaired) electrons. The van der Waals surface area contributed by atoms with Gasteiger partial charge >= 0.3 is 0 Å². The Kier molecular flexibility index (Phi) is 4.05. The molecule has 0 aliphatic rings. The van der Waals surface area contributed by atoms with Crippen molar-refractivity contribution in [2.45, 2.75) is 26.9 Å². The standard InChI is InChI=1S/C16H17ClO/c1-3-12-5-7-14(16(17)9-12)15-8-11(2)4-6-13(15)10-18/h4-9,18H,3,10H2,1-2H3. The highest BCUT2D eigenvalue weighted by molar-refractivity contribution is 6.33. The first-order chi connectivity index (χ1) is 8.65. The van der Waals surface area contributed by atoms with Crippen molar-refractivity contribution >= 4 is 11.6 Å². The molecule has 0 heterocycles. The van der Waals surface area contributed by atoms with E-state index >= 15 is 0 Å². The molecule has 0 amide bonds. The number of benzene rings is 2. The second-order valence-electron chi connectivity index (χ2n) is 4.49. The Morgan fingerprint density at radius 2 is 1.83 bits per heavy atom. The Balaban J connectivity index is 2.57. The molecule has 0 aliphatic carbocycles. The lowest BCUT2D eigenvalue weighted by molar-refractivity contribution is 0.282. The molecule has 0 saturated heterocycles. The number of halogens is 1. The SMILES string of the molecule is CCc1ccc(-c2cc(C)ccc2CO)c(Cl)c1. The molecule has 94 valence electrons. The minimum absolute atomic E-state index is 0.0292. The van der Waals surface area contributed by atoms with Gasteiger partial charge < -0.3 is 5.11 Å². The van der Waals surface area contributed by atoms with Crippen molar-refractivity contribution in [2.75, 3.05) is 0 Å². The Morgan fingerprint density at radius 3 is 2.44 bits per heavy atom. The number of rotatable bonds is 3. The first-order valence-corrected chi connectivity index (χ1v) is 6.52. The van der Waals surface area contributed by atoms with E-state index in [0.29, 0.717) is 0 Å². The zero-order chi connectivity index (χ0) is 13.1. The maximum absolute atomic E-state index is 9.42. The molecule has 0 spiro atoms. The molecule has 1 N–H and O–H groups in total. The number of aryl methyl sites for hydroxylation is 2. The average Bonchev–Trinajstić information content (AvgIpc) is 2.38. The molecule has 2 aromatic carbocycles. The maximum atomic E-state index is 9.42. The van der Waals surface area contributed by atoms with Crippen LogP contribution in [-0.4, -0.2) is 5.11 Å². The van der Waals surface area contributed by atoms with Crippen LogP contribution >= 0.6 is 11.6 Å². The summed E-state index contributed by atoms with van der Waals surface area (Å²) >= 11 is 6.34. The summed E-state index contributed by atoms with van der Waals surface area (Å²) in [6.07, 6.45) is 0.973. The Bertz CT molecular complexity index is 561. The van der Waals surface area contributed by atoms with Crippen LogP contribution in [0.1, 0.15) is 23.6 Å². The summed E-state index contributed by atoms with van der Waals surface area (Å²) in [4.78, 5) is 0. The summed E-state index contributed by atoms with van der Waals surface area (Å²) in [5.74, 6) is 0. The van der Waals surface area contributed by atoms with Crippen molar-refractivity contribution in [1.82, 2.24) is 0 Å². The molecule has 0 aromatic heterocycles. The third kappa shape index (κ3) is 2.58. The van der Waals surface area contributed by atoms with Crippen LogP contribution in [0.2, 0.25) is 5.02 Å². The third-order valence-corrected chi connectivity index (χ3v) is 3.48. The van der Waals surface area contributed by atoms with Crippen LogP contribution < -0.4 is 0 Å². The summed E-state index contributed by atoms with van der Waals surface area (Å²) in [5.41, 5.74) is 5.30. The highest BCUT2D eigenvalue weighted by Crippen LogP contribution is 2.32. The van der Waals surface area contributed by atoms with Gasteiger partial charge in [-0.1, -0.05) is 54.4 Å². The number of aliphatic hydroxyl groups is 1. The van der Waals surface area contributed by atoms with Crippen LogP contribution in [-0.2, 0) is 13.0 Å². The molecule has 18 heavy (non-hydrogen) atoms. The average molecular weight is 261 g/mol. The quantitative estimate of drug-likeness (QED) is 0.869. The van der Waals surface area contributed by atoms with Gasteiger partial charge in [0.05, 0.1) is 6.61 Å². The molecule has 0 bridgehead atoms. The van der Waals surface area contributed by atoms with Gasteiger partial charge in [0.2, 0.25) is 0 Å². The molecule has 2 aromatic rings. The minimum Gasteiger partial charge on any atom is -0.392 e. The van der Waals surface area contributed by atoms with Crippen LogP contribution in [0.25, 0.3) is 11.1 Å². The summed E-state index contributed by atoms with van der Waals surface area (Å²) in [7, 11) is 0. The smallest absolute Gasteiger partial charge is 0.0687 e. The predicted octanol–water partition coefficient (Wildman–Crippen LogP) is 4.37. The van der Waals surface area contributed by atoms with E-state index < -0.39 is 0 Å². The van der Waals surface area contributed by atoms with Crippen LogP contribution in [0.3, 0.4) is 0 Å². The molecule has 2 heteroatoms. The molecule has 0 aliphatic heterocycles. The third-order valence-electron chi connectivity index (χ3n) is 3.17. The lowest BCUT2D eigenvalue weighted by Gasteiger charge is -2.11. The summed E-state index contributed by atoms with van der Waals surface area (Å²) in [5, 5.41) is 10.2. The first kappa shape index (κ1) is 13.1. The highest BCUT2D eigenvalue weighted by atomic mass is 35.5. The van der Waals surface area contributed by atoms with E-state index in [4.69, 9.17) is 11.6 Å². The monoisotopic (exact) mass is 260 g/mol. The maximum Gasteiger partial charge on any atom is 0.0687 e. The minimum atomic E-state index is 0.0292. The van der Waals surface area contributed by atoms with E-state index in [0.717, 1.165) is 33.7 Å². The zero-order valence-electron chi connectivity index (χ0n) is 10.7. The Hall–Kier alpha value is -1.31. The van der Waals surface area contributed by atoms with Gasteiger partial charge in [0.15, 0.2) is 0 Å². The highest BCUT2D eigenvalue weighted by Gasteiger charge is 2.09. The summed E-state index contributed by atoms with van der Waals surface area (Å²) in [6.45, 7) is 4.18. The van der Waals surface area contributed by atoms with Gasteiger partial charge in [-0.3, -0.25) is 0 Å². The summed E-state index contributed by atoms with van der Waals surface area (Å²) < 4.78 is 0. The second kappa shape index (κ2) is 5.55. The van der Waals surface area contributed by atoms with Crippen molar-refractivity contribution in [2.24, 2.45) is 0 Å². The lowest BCUT2D eigenvalue weighted by atomic mass is 9.96. The van der Waals surface area contributed by atoms with Crippen LogP contribution in [0.15, 0.2) is 36.4 Å². The van der Waals surface area contributed by atoms with E-state index in [9.17, 15) is 5.11 Å². The first-order valence-electron chi connectivity index (χ1n) is 6.15. The fraction of sp³-hybridized carbons (Fsp3) is 0.250. The normalized spacial score (nSPS) is 10.7. The largest absolute Gasteiger partial charge is 0.392 e. The number of hydrogen-bond acceptors (Lipinski definition) is 1. The van der Waals surface area contributed by atoms with Crippen molar-refractivity contribution in [3.63, 3.8) is 0 Å². The van der Waals surface area contributed by atoms with Crippen LogP contribution in [0.5, 0.6) is 0 Å². The number of hydrogen-bond donors (Lipinski definition) is 1. The molecule has 0 unspecified atom stereocenters. The van der Waals surface area contributed by atoms with Gasteiger partial charge in [0, 0.05) is 10.6 Å². The van der Waals surface area contributed by atoms with E-state index in [-0.39, 0.29) is 6.61 Å². The van der Waals surface area contributed by atoms with Crippen LogP contribution in [0, 0.1) is 6.92 Å². The molecule has 2 rings (SSSR count). The van der Waals surface area contributed by atoms with E-state index in [2.05, 4.69) is 19.1 Å². The predicted molar refractivity (Wildman–Crippen MR) is 76.9 cm³/mol. The molecular weight excluding hydrogens is 244 g/mol. The Morgan fingerprint density at radius 1 is 1.06 bits per heavy atom. The van der Waals surface area contributed by atoms with E-state index in [1.165, 1.54) is 5.56 Å². The van der Waals surface area contributed by atoms with E-state index in [1.807, 2.05) is 31.2 Å². The topological polar surface area (TPSA) is 20.2 Å². The molecular formula is C16H17ClO. The van der Waals surface area contributed by atoms with Gasteiger partial charge in [0.1, 0.15) is 0 Å². The van der Waals surface area contributed by atoms with Crippen molar-refractivity contribution in [3.8, 4) is 11.1 Å². The fourth-order valence-electron chi connectivity index (χ4n) is 2.08. The number of aliphatic hydroxyl groups excluding tert-OH is 1. The van der Waals surface area contributed by atoms with Gasteiger partial charge in [-0.2, -0.15) is 0 Å². The lowest BCUT2D eigenvalue weighted by Crippen LogP contribution is -1.92. The van der Waals surface area contributed by atoms with E-state index in [1.54, 1.807) is 0 Å². The summed E-state index contributed by atoms with van der Waals surface area (Å²) in [6, 6.07) is 12.1. The molecule has 0 atom stereocenters. The molecule has 1 nitrogen and oxygen atoms in total. The van der Waals surface area contributed by atoms with Gasteiger partial charge in [-0.15, -0.1) is 0 Å². The molecule has 0 saturated carbocycles. The fourth-order valence-corrected chi connectivity index (χ4v) is 2.38. The molecule has 0 fully saturated rings. The van der Waals surface area contributed by atoms with Crippen molar-refractivity contribution in [1.29, 1.82) is 0 Å². The van der Waals surface area contributed by atoms with Crippen LogP contribution in [0.4, 0.5) is 0 Å².